The number of aromatic nitrogens is 4. The Kier molecular flexibility index (Phi) is 2.08. The molecule has 1 aliphatic carbocycles. The normalized spacial score (nSPS) is 15.2. The van der Waals surface area contributed by atoms with Crippen LogP contribution in [-0.4, -0.2) is 30.0 Å². The molecule has 19 heavy (non-hydrogen) atoms. The maximum Gasteiger partial charge on any atom is 0.234 e. The van der Waals surface area contributed by atoms with Gasteiger partial charge in [0.1, 0.15) is 16.5 Å². The first-order valence-electron chi connectivity index (χ1n) is 5.96. The van der Waals surface area contributed by atoms with Gasteiger partial charge in [-0.25, -0.2) is 0 Å². The molecule has 2 aromatic heterocycles. The third-order valence-electron chi connectivity index (χ3n) is 3.11. The van der Waals surface area contributed by atoms with Gasteiger partial charge >= 0.3 is 0 Å². The Morgan fingerprint density at radius 2 is 1.84 bits per heavy atom. The van der Waals surface area contributed by atoms with Crippen LogP contribution in [0.4, 0.5) is 0 Å². The standard InChI is InChI=1S/C12H10N4O2S/c17-8-3-7(4-9(18)5-8)11-15-16-10(6-1-2-6)13-14-12(16)19-11/h3-6,17-18H,1-2H2. The number of hydrogen-bond donors (Lipinski definition) is 2. The highest BCUT2D eigenvalue weighted by Crippen LogP contribution is 2.40. The van der Waals surface area contributed by atoms with Crippen molar-refractivity contribution in [3.63, 3.8) is 0 Å². The molecule has 0 atom stereocenters. The number of nitrogens with zero attached hydrogens (tertiary/aromatic N) is 4. The summed E-state index contributed by atoms with van der Waals surface area (Å²) in [5, 5.41) is 32.5. The molecule has 0 amide bonds. The average Bonchev–Trinajstić information content (AvgIpc) is 2.98. The van der Waals surface area contributed by atoms with Crippen molar-refractivity contribution < 1.29 is 10.2 Å². The zero-order chi connectivity index (χ0) is 13.0. The molecule has 4 rings (SSSR count). The maximum atomic E-state index is 9.52. The van der Waals surface area contributed by atoms with Crippen molar-refractivity contribution in [3.05, 3.63) is 24.0 Å². The topological polar surface area (TPSA) is 83.5 Å². The van der Waals surface area contributed by atoms with Crippen LogP contribution in [0.15, 0.2) is 18.2 Å². The molecular formula is C12H10N4O2S. The zero-order valence-electron chi connectivity index (χ0n) is 9.82. The monoisotopic (exact) mass is 274 g/mol. The van der Waals surface area contributed by atoms with E-state index in [9.17, 15) is 10.2 Å². The number of benzene rings is 1. The van der Waals surface area contributed by atoms with Gasteiger partial charge in [-0.2, -0.15) is 9.61 Å². The molecule has 1 aliphatic rings. The lowest BCUT2D eigenvalue weighted by Crippen LogP contribution is -1.93. The van der Waals surface area contributed by atoms with E-state index < -0.39 is 0 Å². The molecule has 2 N–H and O–H groups in total. The molecule has 96 valence electrons. The van der Waals surface area contributed by atoms with Crippen molar-refractivity contribution in [2.24, 2.45) is 0 Å². The molecule has 1 fully saturated rings. The molecule has 0 radical (unpaired) electrons. The van der Waals surface area contributed by atoms with Gasteiger partial charge < -0.3 is 10.2 Å². The Balaban J connectivity index is 1.86. The second kappa shape index (κ2) is 3.67. The third kappa shape index (κ3) is 1.74. The summed E-state index contributed by atoms with van der Waals surface area (Å²) in [6.07, 6.45) is 2.28. The zero-order valence-corrected chi connectivity index (χ0v) is 10.6. The van der Waals surface area contributed by atoms with E-state index in [1.807, 2.05) is 0 Å². The van der Waals surface area contributed by atoms with E-state index in [0.717, 1.165) is 23.6 Å². The van der Waals surface area contributed by atoms with E-state index in [4.69, 9.17) is 0 Å². The maximum absolute atomic E-state index is 9.52. The minimum Gasteiger partial charge on any atom is -0.508 e. The fraction of sp³-hybridized carbons (Fsp3) is 0.250. The first-order chi connectivity index (χ1) is 9.20. The van der Waals surface area contributed by atoms with Crippen LogP contribution in [0.1, 0.15) is 24.6 Å². The lowest BCUT2D eigenvalue weighted by Gasteiger charge is -1.99. The lowest BCUT2D eigenvalue weighted by molar-refractivity contribution is 0.451. The molecule has 0 spiro atoms. The van der Waals surface area contributed by atoms with Crippen LogP contribution in [0.3, 0.4) is 0 Å². The van der Waals surface area contributed by atoms with Crippen molar-refractivity contribution in [1.29, 1.82) is 0 Å². The predicted molar refractivity (Wildman–Crippen MR) is 69.4 cm³/mol. The molecule has 3 aromatic rings. The molecular weight excluding hydrogens is 264 g/mol. The van der Waals surface area contributed by atoms with Gasteiger partial charge in [0.05, 0.1) is 0 Å². The molecule has 7 heteroatoms. The summed E-state index contributed by atoms with van der Waals surface area (Å²) in [6, 6.07) is 4.43. The Morgan fingerprint density at radius 3 is 2.53 bits per heavy atom. The molecule has 0 unspecified atom stereocenters. The van der Waals surface area contributed by atoms with Gasteiger partial charge in [0.15, 0.2) is 5.82 Å². The van der Waals surface area contributed by atoms with Crippen molar-refractivity contribution in [1.82, 2.24) is 19.8 Å². The van der Waals surface area contributed by atoms with Gasteiger partial charge in [-0.1, -0.05) is 11.3 Å². The number of fused-ring (bicyclic) bond motifs is 1. The van der Waals surface area contributed by atoms with Gasteiger partial charge in [0.2, 0.25) is 4.96 Å². The predicted octanol–water partition coefficient (Wildman–Crippen LogP) is 2.14. The highest BCUT2D eigenvalue weighted by Gasteiger charge is 2.30. The molecule has 6 nitrogen and oxygen atoms in total. The van der Waals surface area contributed by atoms with Gasteiger partial charge in [-0.05, 0) is 25.0 Å². The van der Waals surface area contributed by atoms with E-state index in [-0.39, 0.29) is 11.5 Å². The Morgan fingerprint density at radius 1 is 1.11 bits per heavy atom. The highest BCUT2D eigenvalue weighted by molar-refractivity contribution is 7.19. The summed E-state index contributed by atoms with van der Waals surface area (Å²) in [6.45, 7) is 0. The molecule has 0 saturated heterocycles. The second-order valence-corrected chi connectivity index (χ2v) is 5.63. The quantitative estimate of drug-likeness (QED) is 0.748. The number of hydrogen-bond acceptors (Lipinski definition) is 6. The summed E-state index contributed by atoms with van der Waals surface area (Å²) < 4.78 is 1.76. The highest BCUT2D eigenvalue weighted by atomic mass is 32.1. The SMILES string of the molecule is Oc1cc(O)cc(-c2nn3c(C4CC4)nnc3s2)c1. The van der Waals surface area contributed by atoms with Gasteiger partial charge in [0.25, 0.3) is 0 Å². The number of phenolic OH excluding ortho intramolecular Hbond substituents is 2. The minimum atomic E-state index is 0.0170. The van der Waals surface area contributed by atoms with Crippen molar-refractivity contribution in [2.45, 2.75) is 18.8 Å². The van der Waals surface area contributed by atoms with Crippen LogP contribution in [0.2, 0.25) is 0 Å². The first kappa shape index (κ1) is 10.7. The Hall–Kier alpha value is -2.15. The summed E-state index contributed by atoms with van der Waals surface area (Å²) in [5.41, 5.74) is 0.676. The fourth-order valence-corrected chi connectivity index (χ4v) is 2.90. The van der Waals surface area contributed by atoms with E-state index in [1.54, 1.807) is 16.6 Å². The number of rotatable bonds is 2. The van der Waals surface area contributed by atoms with Gasteiger partial charge in [0, 0.05) is 17.5 Å². The van der Waals surface area contributed by atoms with Crippen LogP contribution in [-0.2, 0) is 0 Å². The van der Waals surface area contributed by atoms with E-state index >= 15 is 0 Å². The third-order valence-corrected chi connectivity index (χ3v) is 4.05. The minimum absolute atomic E-state index is 0.0170. The molecule has 1 saturated carbocycles. The van der Waals surface area contributed by atoms with Crippen LogP contribution < -0.4 is 0 Å². The molecule has 0 aliphatic heterocycles. The van der Waals surface area contributed by atoms with Gasteiger partial charge in [-0.15, -0.1) is 10.2 Å². The molecule has 0 bridgehead atoms. The summed E-state index contributed by atoms with van der Waals surface area (Å²) in [4.78, 5) is 0.736. The largest absolute Gasteiger partial charge is 0.508 e. The summed E-state index contributed by atoms with van der Waals surface area (Å²) in [7, 11) is 0. The smallest absolute Gasteiger partial charge is 0.234 e. The summed E-state index contributed by atoms with van der Waals surface area (Å²) >= 11 is 1.39. The lowest BCUT2D eigenvalue weighted by atomic mass is 10.2. The average molecular weight is 274 g/mol. The first-order valence-corrected chi connectivity index (χ1v) is 6.78. The Bertz CT molecular complexity index is 755. The van der Waals surface area contributed by atoms with E-state index in [0.29, 0.717) is 16.5 Å². The summed E-state index contributed by atoms with van der Waals surface area (Å²) in [5.74, 6) is 1.41. The molecule has 2 heterocycles. The van der Waals surface area contributed by atoms with Crippen molar-refractivity contribution in [3.8, 4) is 22.1 Å². The van der Waals surface area contributed by atoms with Crippen LogP contribution in [0.5, 0.6) is 11.5 Å². The Labute approximate surface area is 112 Å². The van der Waals surface area contributed by atoms with Crippen LogP contribution in [0.25, 0.3) is 15.5 Å². The molecule has 1 aromatic carbocycles. The second-order valence-electron chi connectivity index (χ2n) is 4.67. The van der Waals surface area contributed by atoms with Crippen LogP contribution >= 0.6 is 11.3 Å². The van der Waals surface area contributed by atoms with E-state index in [2.05, 4.69) is 15.3 Å². The van der Waals surface area contributed by atoms with E-state index in [1.165, 1.54) is 17.4 Å². The number of phenols is 2. The van der Waals surface area contributed by atoms with Crippen molar-refractivity contribution in [2.75, 3.05) is 0 Å². The van der Waals surface area contributed by atoms with Crippen LogP contribution in [0, 0.1) is 0 Å². The van der Waals surface area contributed by atoms with Gasteiger partial charge in [-0.3, -0.25) is 0 Å². The number of aromatic hydroxyl groups is 2. The van der Waals surface area contributed by atoms with Crippen molar-refractivity contribution >= 4 is 16.3 Å². The fourth-order valence-electron chi connectivity index (χ4n) is 2.06.